The van der Waals surface area contributed by atoms with Crippen LogP contribution < -0.4 is 5.43 Å². The Hall–Kier alpha value is -2.50. The topological polar surface area (TPSA) is 55.2 Å². The molecule has 3 rings (SSSR count). The number of hydrogen-bond acceptors (Lipinski definition) is 3. The lowest BCUT2D eigenvalue weighted by Gasteiger charge is -2.30. The zero-order valence-electron chi connectivity index (χ0n) is 11.5. The molecule has 1 aromatic carbocycles. The first-order chi connectivity index (χ1) is 10.1. The van der Waals surface area contributed by atoms with Gasteiger partial charge < -0.3 is 4.90 Å². The number of rotatable bonds is 2. The van der Waals surface area contributed by atoms with Gasteiger partial charge in [-0.3, -0.25) is 9.59 Å². The quantitative estimate of drug-likeness (QED) is 0.841. The van der Waals surface area contributed by atoms with E-state index in [0.717, 1.165) is 6.42 Å². The Morgan fingerprint density at radius 1 is 1.29 bits per heavy atom. The van der Waals surface area contributed by atoms with Crippen LogP contribution >= 0.6 is 0 Å². The van der Waals surface area contributed by atoms with Gasteiger partial charge in [0.25, 0.3) is 5.91 Å². The van der Waals surface area contributed by atoms with Crippen LogP contribution in [0.25, 0.3) is 5.69 Å². The third-order valence-electron chi connectivity index (χ3n) is 3.53. The molecule has 0 radical (unpaired) electrons. The maximum atomic E-state index is 13.9. The molecule has 0 atom stereocenters. The Labute approximate surface area is 120 Å². The Bertz CT molecular complexity index is 766. The highest BCUT2D eigenvalue weighted by Crippen LogP contribution is 2.14. The number of aryl methyl sites for hydroxylation is 1. The van der Waals surface area contributed by atoms with Crippen molar-refractivity contribution in [3.8, 4) is 5.69 Å². The number of nitrogens with zero attached hydrogens (tertiary/aromatic N) is 3. The van der Waals surface area contributed by atoms with E-state index in [1.807, 2.05) is 0 Å². The second-order valence-electron chi connectivity index (χ2n) is 5.01. The van der Waals surface area contributed by atoms with Crippen LogP contribution in [0.5, 0.6) is 0 Å². The molecule has 1 fully saturated rings. The minimum absolute atomic E-state index is 0.163. The molecular formula is C15H14FN3O2. The maximum absolute atomic E-state index is 13.9. The van der Waals surface area contributed by atoms with Gasteiger partial charge in [0.2, 0.25) is 5.43 Å². The molecule has 1 saturated heterocycles. The monoisotopic (exact) mass is 287 g/mol. The molecule has 0 aliphatic carbocycles. The van der Waals surface area contributed by atoms with Gasteiger partial charge in [0, 0.05) is 24.8 Å². The predicted molar refractivity (Wildman–Crippen MR) is 75.0 cm³/mol. The summed E-state index contributed by atoms with van der Waals surface area (Å²) in [5.41, 5.74) is 0.0958. The number of para-hydroxylation sites is 1. The molecule has 1 aromatic heterocycles. The standard InChI is InChI=1S/C15H14FN3O2/c1-10-9-13(20)14(15(21)18-7-4-8-18)17-19(10)12-6-3-2-5-11(12)16/h2-3,5-6,9H,4,7-8H2,1H3. The largest absolute Gasteiger partial charge is 0.337 e. The summed E-state index contributed by atoms with van der Waals surface area (Å²) in [7, 11) is 0. The number of halogens is 1. The van der Waals surface area contributed by atoms with Crippen molar-refractivity contribution in [3.05, 3.63) is 57.8 Å². The highest BCUT2D eigenvalue weighted by molar-refractivity contribution is 5.92. The lowest BCUT2D eigenvalue weighted by atomic mass is 10.2. The summed E-state index contributed by atoms with van der Waals surface area (Å²) in [4.78, 5) is 25.7. The molecule has 0 unspecified atom stereocenters. The summed E-state index contributed by atoms with van der Waals surface area (Å²) < 4.78 is 15.2. The average molecular weight is 287 g/mol. The molecular weight excluding hydrogens is 273 g/mol. The van der Waals surface area contributed by atoms with Crippen LogP contribution in [0.2, 0.25) is 0 Å². The number of carbonyl (C=O) groups excluding carboxylic acids is 1. The van der Waals surface area contributed by atoms with Gasteiger partial charge in [-0.05, 0) is 25.5 Å². The van der Waals surface area contributed by atoms with E-state index in [2.05, 4.69) is 5.10 Å². The Balaban J connectivity index is 2.12. The first-order valence-electron chi connectivity index (χ1n) is 6.73. The summed E-state index contributed by atoms with van der Waals surface area (Å²) >= 11 is 0. The predicted octanol–water partition coefficient (Wildman–Crippen LogP) is 1.53. The normalized spacial score (nSPS) is 13.9. The molecule has 108 valence electrons. The average Bonchev–Trinajstić information content (AvgIpc) is 2.38. The van der Waals surface area contributed by atoms with E-state index in [4.69, 9.17) is 0 Å². The summed E-state index contributed by atoms with van der Waals surface area (Å²) in [5, 5.41) is 4.08. The fourth-order valence-electron chi connectivity index (χ4n) is 2.23. The van der Waals surface area contributed by atoms with Crippen LogP contribution in [0.1, 0.15) is 22.6 Å². The first-order valence-corrected chi connectivity index (χ1v) is 6.73. The fraction of sp³-hybridized carbons (Fsp3) is 0.267. The summed E-state index contributed by atoms with van der Waals surface area (Å²) in [6.07, 6.45) is 0.930. The van der Waals surface area contributed by atoms with E-state index in [1.54, 1.807) is 30.0 Å². The van der Waals surface area contributed by atoms with Crippen molar-refractivity contribution in [1.29, 1.82) is 0 Å². The van der Waals surface area contributed by atoms with Crippen molar-refractivity contribution in [1.82, 2.24) is 14.7 Å². The minimum atomic E-state index is -0.459. The minimum Gasteiger partial charge on any atom is -0.337 e. The molecule has 2 heterocycles. The van der Waals surface area contributed by atoms with E-state index >= 15 is 0 Å². The SMILES string of the molecule is Cc1cc(=O)c(C(=O)N2CCC2)nn1-c1ccccc1F. The van der Waals surface area contributed by atoms with Gasteiger partial charge in [-0.1, -0.05) is 12.1 Å². The van der Waals surface area contributed by atoms with E-state index in [0.29, 0.717) is 18.8 Å². The first kappa shape index (κ1) is 13.5. The van der Waals surface area contributed by atoms with E-state index < -0.39 is 17.2 Å². The molecule has 1 aliphatic rings. The molecule has 0 N–H and O–H groups in total. The smallest absolute Gasteiger partial charge is 0.278 e. The van der Waals surface area contributed by atoms with Crippen molar-refractivity contribution in [3.63, 3.8) is 0 Å². The Kier molecular flexibility index (Phi) is 3.29. The van der Waals surface area contributed by atoms with E-state index in [1.165, 1.54) is 16.8 Å². The third-order valence-corrected chi connectivity index (χ3v) is 3.53. The van der Waals surface area contributed by atoms with Gasteiger partial charge in [0.1, 0.15) is 11.5 Å². The Morgan fingerprint density at radius 2 is 2.00 bits per heavy atom. The van der Waals surface area contributed by atoms with Crippen LogP contribution in [0.4, 0.5) is 4.39 Å². The highest BCUT2D eigenvalue weighted by atomic mass is 19.1. The molecule has 1 aliphatic heterocycles. The van der Waals surface area contributed by atoms with Crippen LogP contribution in [0.3, 0.4) is 0 Å². The van der Waals surface area contributed by atoms with Gasteiger partial charge in [0.15, 0.2) is 5.69 Å². The number of likely N-dealkylation sites (tertiary alicyclic amines) is 1. The second kappa shape index (κ2) is 5.12. The van der Waals surface area contributed by atoms with Crippen molar-refractivity contribution in [2.75, 3.05) is 13.1 Å². The highest BCUT2D eigenvalue weighted by Gasteiger charge is 2.26. The Morgan fingerprint density at radius 3 is 2.62 bits per heavy atom. The molecule has 6 heteroatoms. The number of aromatic nitrogens is 2. The van der Waals surface area contributed by atoms with E-state index in [9.17, 15) is 14.0 Å². The van der Waals surface area contributed by atoms with Crippen molar-refractivity contribution in [2.45, 2.75) is 13.3 Å². The molecule has 1 amide bonds. The molecule has 0 bridgehead atoms. The second-order valence-corrected chi connectivity index (χ2v) is 5.01. The number of benzene rings is 1. The van der Waals surface area contributed by atoms with Gasteiger partial charge >= 0.3 is 0 Å². The number of carbonyl (C=O) groups is 1. The third kappa shape index (κ3) is 2.33. The summed E-state index contributed by atoms with van der Waals surface area (Å²) in [6.45, 7) is 2.92. The summed E-state index contributed by atoms with van der Waals surface area (Å²) in [6, 6.07) is 7.42. The lowest BCUT2D eigenvalue weighted by Crippen LogP contribution is -2.44. The van der Waals surface area contributed by atoms with Crippen LogP contribution in [-0.2, 0) is 0 Å². The van der Waals surface area contributed by atoms with Gasteiger partial charge in [-0.2, -0.15) is 5.10 Å². The van der Waals surface area contributed by atoms with Crippen LogP contribution in [0.15, 0.2) is 35.1 Å². The van der Waals surface area contributed by atoms with Crippen molar-refractivity contribution in [2.24, 2.45) is 0 Å². The van der Waals surface area contributed by atoms with Gasteiger partial charge in [-0.25, -0.2) is 9.07 Å². The molecule has 0 saturated carbocycles. The van der Waals surface area contributed by atoms with Crippen molar-refractivity contribution >= 4 is 5.91 Å². The van der Waals surface area contributed by atoms with Crippen LogP contribution in [0, 0.1) is 12.7 Å². The van der Waals surface area contributed by atoms with Gasteiger partial charge in [0.05, 0.1) is 0 Å². The zero-order valence-corrected chi connectivity index (χ0v) is 11.5. The van der Waals surface area contributed by atoms with Crippen LogP contribution in [-0.4, -0.2) is 33.7 Å². The number of amides is 1. The van der Waals surface area contributed by atoms with Gasteiger partial charge in [-0.15, -0.1) is 0 Å². The maximum Gasteiger partial charge on any atom is 0.278 e. The fourth-order valence-corrected chi connectivity index (χ4v) is 2.23. The summed E-state index contributed by atoms with van der Waals surface area (Å²) in [5.74, 6) is -0.851. The molecule has 5 nitrogen and oxygen atoms in total. The van der Waals surface area contributed by atoms with Crippen molar-refractivity contribution < 1.29 is 9.18 Å². The lowest BCUT2D eigenvalue weighted by molar-refractivity contribution is 0.0642. The molecule has 0 spiro atoms. The van der Waals surface area contributed by atoms with E-state index in [-0.39, 0.29) is 11.4 Å². The molecule has 2 aromatic rings. The molecule has 21 heavy (non-hydrogen) atoms. The zero-order chi connectivity index (χ0) is 15.0. The number of hydrogen-bond donors (Lipinski definition) is 0.